The zero-order valence-electron chi connectivity index (χ0n) is 29.8. The SMILES string of the molecule is CC/C=C/C/C=C/C/C=C/C/C=C/CCCCC(=O)O[C@@H](CO)COC(=O)CCCCCCCCC/C=C/CCCCCCCC. The van der Waals surface area contributed by atoms with E-state index < -0.39 is 6.10 Å². The van der Waals surface area contributed by atoms with Crippen molar-refractivity contribution in [3.05, 3.63) is 60.8 Å². The average molecular weight is 643 g/mol. The number of rotatable bonds is 33. The van der Waals surface area contributed by atoms with Gasteiger partial charge >= 0.3 is 11.9 Å². The van der Waals surface area contributed by atoms with Crippen LogP contribution in [-0.4, -0.2) is 36.4 Å². The molecule has 0 aromatic rings. The first-order chi connectivity index (χ1) is 22.6. The van der Waals surface area contributed by atoms with E-state index in [1.54, 1.807) is 0 Å². The fourth-order valence-electron chi connectivity index (χ4n) is 4.95. The van der Waals surface area contributed by atoms with Crippen LogP contribution >= 0.6 is 0 Å². The Morgan fingerprint density at radius 3 is 1.48 bits per heavy atom. The van der Waals surface area contributed by atoms with E-state index in [1.165, 1.54) is 77.0 Å². The van der Waals surface area contributed by atoms with Gasteiger partial charge in [-0.05, 0) is 77.0 Å². The summed E-state index contributed by atoms with van der Waals surface area (Å²) in [6.45, 7) is 3.97. The molecule has 0 aliphatic carbocycles. The standard InChI is InChI=1S/C41H70O5/c1-3-5-7-9-11-13-15-17-19-20-22-23-25-27-29-31-33-35-40(43)45-38-39(37-42)46-41(44)36-34-32-30-28-26-24-21-18-16-14-12-10-8-6-4-2/h6,8,12,14,17-19,21,26,28,39,42H,3-5,7,9-11,13,15-16,20,22-25,27,29-38H2,1-2H3/b8-6+,14-12+,19-17+,21-18+,28-26+/t39-/m0/s1. The largest absolute Gasteiger partial charge is 0.462 e. The van der Waals surface area contributed by atoms with E-state index in [0.29, 0.717) is 12.8 Å². The lowest BCUT2D eigenvalue weighted by molar-refractivity contribution is -0.161. The topological polar surface area (TPSA) is 72.8 Å². The summed E-state index contributed by atoms with van der Waals surface area (Å²) in [5.41, 5.74) is 0. The number of unbranched alkanes of at least 4 members (excludes halogenated alkanes) is 15. The first-order valence-electron chi connectivity index (χ1n) is 18.8. The van der Waals surface area contributed by atoms with Crippen LogP contribution in [0.4, 0.5) is 0 Å². The molecule has 0 saturated carbocycles. The zero-order valence-corrected chi connectivity index (χ0v) is 29.8. The number of carbonyl (C=O) groups excluding carboxylic acids is 2. The molecular weight excluding hydrogens is 572 g/mol. The molecule has 0 aromatic carbocycles. The molecule has 0 amide bonds. The van der Waals surface area contributed by atoms with Crippen molar-refractivity contribution in [2.24, 2.45) is 0 Å². The van der Waals surface area contributed by atoms with Crippen LogP contribution in [0.25, 0.3) is 0 Å². The van der Waals surface area contributed by atoms with Crippen molar-refractivity contribution >= 4 is 11.9 Å². The number of esters is 2. The fraction of sp³-hybridized carbons (Fsp3) is 0.707. The molecule has 0 unspecified atom stereocenters. The van der Waals surface area contributed by atoms with Gasteiger partial charge in [0, 0.05) is 12.8 Å². The van der Waals surface area contributed by atoms with Gasteiger partial charge in [-0.2, -0.15) is 0 Å². The predicted molar refractivity (Wildman–Crippen MR) is 196 cm³/mol. The molecule has 0 aliphatic rings. The first kappa shape index (κ1) is 43.6. The Labute approximate surface area is 283 Å². The van der Waals surface area contributed by atoms with E-state index in [9.17, 15) is 14.7 Å². The molecule has 0 fully saturated rings. The number of aliphatic hydroxyl groups is 1. The molecule has 0 aliphatic heterocycles. The quantitative estimate of drug-likeness (QED) is 0.0438. The third-order valence-corrected chi connectivity index (χ3v) is 7.80. The first-order valence-corrected chi connectivity index (χ1v) is 18.8. The number of ether oxygens (including phenoxy) is 2. The summed E-state index contributed by atoms with van der Waals surface area (Å²) in [4.78, 5) is 24.2. The van der Waals surface area contributed by atoms with Crippen LogP contribution in [0.15, 0.2) is 60.8 Å². The van der Waals surface area contributed by atoms with E-state index in [2.05, 4.69) is 74.6 Å². The number of hydrogen-bond acceptors (Lipinski definition) is 5. The van der Waals surface area contributed by atoms with Gasteiger partial charge in [-0.1, -0.05) is 139 Å². The molecule has 0 aromatic heterocycles. The summed E-state index contributed by atoms with van der Waals surface area (Å²) >= 11 is 0. The lowest BCUT2D eigenvalue weighted by Crippen LogP contribution is -2.28. The van der Waals surface area contributed by atoms with Crippen LogP contribution < -0.4 is 0 Å². The van der Waals surface area contributed by atoms with Crippen molar-refractivity contribution in [2.75, 3.05) is 13.2 Å². The Hall–Kier alpha value is -2.40. The Bertz CT molecular complexity index is 823. The number of aliphatic hydroxyl groups excluding tert-OH is 1. The highest BCUT2D eigenvalue weighted by Gasteiger charge is 2.16. The Kier molecular flexibility index (Phi) is 35.1. The van der Waals surface area contributed by atoms with Gasteiger partial charge in [0.1, 0.15) is 6.61 Å². The molecule has 5 heteroatoms. The Morgan fingerprint density at radius 2 is 0.935 bits per heavy atom. The van der Waals surface area contributed by atoms with Crippen molar-refractivity contribution in [3.8, 4) is 0 Å². The van der Waals surface area contributed by atoms with E-state index in [0.717, 1.165) is 64.2 Å². The molecule has 264 valence electrons. The van der Waals surface area contributed by atoms with Crippen LogP contribution in [0.2, 0.25) is 0 Å². The normalized spacial score (nSPS) is 12.8. The second-order valence-electron chi connectivity index (χ2n) is 12.3. The summed E-state index contributed by atoms with van der Waals surface area (Å²) in [6.07, 6.45) is 47.1. The molecule has 0 rings (SSSR count). The highest BCUT2D eigenvalue weighted by Crippen LogP contribution is 2.12. The van der Waals surface area contributed by atoms with Crippen molar-refractivity contribution < 1.29 is 24.2 Å². The minimum atomic E-state index is -0.795. The molecular formula is C41H70O5. The maximum Gasteiger partial charge on any atom is 0.306 e. The lowest BCUT2D eigenvalue weighted by Gasteiger charge is -2.15. The Balaban J connectivity index is 3.65. The number of hydrogen-bond donors (Lipinski definition) is 1. The molecule has 1 atom stereocenters. The van der Waals surface area contributed by atoms with Crippen LogP contribution in [-0.2, 0) is 19.1 Å². The highest BCUT2D eigenvalue weighted by atomic mass is 16.6. The van der Waals surface area contributed by atoms with Crippen molar-refractivity contribution in [2.45, 2.75) is 174 Å². The zero-order chi connectivity index (χ0) is 33.6. The summed E-state index contributed by atoms with van der Waals surface area (Å²) in [6, 6.07) is 0. The van der Waals surface area contributed by atoms with Crippen molar-refractivity contribution in [1.82, 2.24) is 0 Å². The second-order valence-corrected chi connectivity index (χ2v) is 12.3. The van der Waals surface area contributed by atoms with Gasteiger partial charge in [-0.25, -0.2) is 0 Å². The monoisotopic (exact) mass is 643 g/mol. The van der Waals surface area contributed by atoms with Crippen LogP contribution in [0, 0.1) is 0 Å². The third-order valence-electron chi connectivity index (χ3n) is 7.80. The average Bonchev–Trinajstić information content (AvgIpc) is 3.06. The molecule has 1 N–H and O–H groups in total. The van der Waals surface area contributed by atoms with E-state index in [1.807, 2.05) is 0 Å². The van der Waals surface area contributed by atoms with Gasteiger partial charge in [-0.15, -0.1) is 0 Å². The Morgan fingerprint density at radius 1 is 0.522 bits per heavy atom. The smallest absolute Gasteiger partial charge is 0.306 e. The van der Waals surface area contributed by atoms with Gasteiger partial charge in [0.15, 0.2) is 6.10 Å². The fourth-order valence-corrected chi connectivity index (χ4v) is 4.95. The summed E-state index contributed by atoms with van der Waals surface area (Å²) in [5, 5.41) is 9.53. The third kappa shape index (κ3) is 34.5. The molecule has 0 spiro atoms. The molecule has 0 saturated heterocycles. The van der Waals surface area contributed by atoms with E-state index in [4.69, 9.17) is 9.47 Å². The van der Waals surface area contributed by atoms with Crippen LogP contribution in [0.5, 0.6) is 0 Å². The van der Waals surface area contributed by atoms with Gasteiger partial charge in [-0.3, -0.25) is 9.59 Å². The van der Waals surface area contributed by atoms with Gasteiger partial charge in [0.25, 0.3) is 0 Å². The minimum absolute atomic E-state index is 0.0869. The molecule has 5 nitrogen and oxygen atoms in total. The predicted octanol–water partition coefficient (Wildman–Crippen LogP) is 11.6. The van der Waals surface area contributed by atoms with Gasteiger partial charge in [0.2, 0.25) is 0 Å². The van der Waals surface area contributed by atoms with Crippen LogP contribution in [0.3, 0.4) is 0 Å². The molecule has 0 bridgehead atoms. The van der Waals surface area contributed by atoms with Crippen molar-refractivity contribution in [1.29, 1.82) is 0 Å². The summed E-state index contributed by atoms with van der Waals surface area (Å²) < 4.78 is 10.6. The highest BCUT2D eigenvalue weighted by molar-refractivity contribution is 5.70. The maximum absolute atomic E-state index is 12.1. The summed E-state index contributed by atoms with van der Waals surface area (Å²) in [5.74, 6) is -0.649. The molecule has 0 radical (unpaired) electrons. The second kappa shape index (κ2) is 37.1. The van der Waals surface area contributed by atoms with E-state index >= 15 is 0 Å². The number of allylic oxidation sites excluding steroid dienone is 10. The van der Waals surface area contributed by atoms with Gasteiger partial charge in [0.05, 0.1) is 6.61 Å². The van der Waals surface area contributed by atoms with E-state index in [-0.39, 0.29) is 25.2 Å². The molecule has 46 heavy (non-hydrogen) atoms. The maximum atomic E-state index is 12.1. The summed E-state index contributed by atoms with van der Waals surface area (Å²) in [7, 11) is 0. The molecule has 0 heterocycles. The van der Waals surface area contributed by atoms with Crippen molar-refractivity contribution in [3.63, 3.8) is 0 Å². The lowest BCUT2D eigenvalue weighted by atomic mass is 10.1. The number of carbonyl (C=O) groups is 2. The van der Waals surface area contributed by atoms with Crippen LogP contribution in [0.1, 0.15) is 168 Å². The minimum Gasteiger partial charge on any atom is -0.462 e. The van der Waals surface area contributed by atoms with Gasteiger partial charge < -0.3 is 14.6 Å².